The average molecular weight is 401 g/mol. The number of ether oxygens (including phenoxy) is 1. The summed E-state index contributed by atoms with van der Waals surface area (Å²) in [4.78, 5) is 14.1. The Morgan fingerprint density at radius 1 is 1.26 bits per heavy atom. The maximum atomic E-state index is 14.3. The topological polar surface area (TPSA) is 66.9 Å². The second kappa shape index (κ2) is 9.61. The summed E-state index contributed by atoms with van der Waals surface area (Å²) in [5, 5.41) is 0. The minimum atomic E-state index is -3.95. The van der Waals surface area contributed by atoms with E-state index in [1.165, 1.54) is 16.4 Å². The maximum Gasteiger partial charge on any atom is 0.253 e. The van der Waals surface area contributed by atoms with E-state index in [1.807, 2.05) is 13.8 Å². The van der Waals surface area contributed by atoms with Crippen molar-refractivity contribution in [3.8, 4) is 0 Å². The van der Waals surface area contributed by atoms with Crippen LogP contribution in [0.15, 0.2) is 23.1 Å². The zero-order chi connectivity index (χ0) is 20.0. The molecule has 0 bridgehead atoms. The van der Waals surface area contributed by atoms with Gasteiger partial charge in [-0.25, -0.2) is 12.8 Å². The lowest BCUT2D eigenvalue weighted by Gasteiger charge is -2.27. The SMILES string of the molecule is COCCN(CC(C)C)C(=O)c1ccc(F)c(S(=O)(=O)N2CCCCC2)c1. The Morgan fingerprint density at radius 3 is 2.52 bits per heavy atom. The molecule has 0 N–H and O–H groups in total. The molecule has 0 radical (unpaired) electrons. The first-order valence-corrected chi connectivity index (χ1v) is 10.8. The van der Waals surface area contributed by atoms with Crippen LogP contribution in [0.3, 0.4) is 0 Å². The van der Waals surface area contributed by atoms with Crippen molar-refractivity contribution < 1.29 is 22.3 Å². The van der Waals surface area contributed by atoms with E-state index < -0.39 is 20.7 Å². The van der Waals surface area contributed by atoms with E-state index in [9.17, 15) is 17.6 Å². The Morgan fingerprint density at radius 2 is 1.93 bits per heavy atom. The molecule has 1 aliphatic heterocycles. The van der Waals surface area contributed by atoms with E-state index in [4.69, 9.17) is 4.74 Å². The van der Waals surface area contributed by atoms with Gasteiger partial charge in [0.1, 0.15) is 10.7 Å². The van der Waals surface area contributed by atoms with Gasteiger partial charge in [0.15, 0.2) is 0 Å². The number of carbonyl (C=O) groups excluding carboxylic acids is 1. The van der Waals surface area contributed by atoms with Gasteiger partial charge in [-0.2, -0.15) is 4.31 Å². The molecule has 0 saturated carbocycles. The van der Waals surface area contributed by atoms with Crippen LogP contribution < -0.4 is 0 Å². The second-order valence-electron chi connectivity index (χ2n) is 7.25. The standard InChI is InChI=1S/C19H29FN2O4S/c1-15(2)14-21(11-12-26-3)19(23)16-7-8-17(20)18(13-16)27(24,25)22-9-5-4-6-10-22/h7-8,13,15H,4-6,9-12,14H2,1-3H3. The fourth-order valence-corrected chi connectivity index (χ4v) is 4.79. The van der Waals surface area contributed by atoms with E-state index in [0.717, 1.165) is 25.3 Å². The number of rotatable bonds is 8. The van der Waals surface area contributed by atoms with Crippen LogP contribution in [0.1, 0.15) is 43.5 Å². The van der Waals surface area contributed by atoms with Crippen molar-refractivity contribution in [2.24, 2.45) is 5.92 Å². The van der Waals surface area contributed by atoms with Gasteiger partial charge in [0.2, 0.25) is 10.0 Å². The zero-order valence-corrected chi connectivity index (χ0v) is 17.1. The van der Waals surface area contributed by atoms with Crippen molar-refractivity contribution in [1.29, 1.82) is 0 Å². The van der Waals surface area contributed by atoms with Crippen LogP contribution in [-0.4, -0.2) is 63.4 Å². The minimum absolute atomic E-state index is 0.170. The molecule has 1 fully saturated rings. The Kier molecular flexibility index (Phi) is 7.76. The Labute approximate surface area is 161 Å². The third kappa shape index (κ3) is 5.49. The number of amides is 1. The molecular weight excluding hydrogens is 371 g/mol. The molecule has 0 unspecified atom stereocenters. The maximum absolute atomic E-state index is 14.3. The van der Waals surface area contributed by atoms with Gasteiger partial charge in [-0.05, 0) is 37.0 Å². The zero-order valence-electron chi connectivity index (χ0n) is 16.3. The highest BCUT2D eigenvalue weighted by Gasteiger charge is 2.30. The van der Waals surface area contributed by atoms with Crippen LogP contribution in [-0.2, 0) is 14.8 Å². The minimum Gasteiger partial charge on any atom is -0.383 e. The van der Waals surface area contributed by atoms with Gasteiger partial charge in [-0.15, -0.1) is 0 Å². The van der Waals surface area contributed by atoms with E-state index in [-0.39, 0.29) is 17.4 Å². The Balaban J connectivity index is 2.33. The lowest BCUT2D eigenvalue weighted by atomic mass is 10.1. The first kappa shape index (κ1) is 21.8. The molecule has 1 heterocycles. The highest BCUT2D eigenvalue weighted by atomic mass is 32.2. The molecule has 2 rings (SSSR count). The van der Waals surface area contributed by atoms with Gasteiger partial charge in [-0.1, -0.05) is 20.3 Å². The molecule has 1 aromatic carbocycles. The summed E-state index contributed by atoms with van der Waals surface area (Å²) in [7, 11) is -2.40. The van der Waals surface area contributed by atoms with E-state index in [1.54, 1.807) is 12.0 Å². The van der Waals surface area contributed by atoms with Gasteiger partial charge in [0, 0.05) is 38.9 Å². The van der Waals surface area contributed by atoms with Crippen molar-refractivity contribution in [2.45, 2.75) is 38.0 Å². The van der Waals surface area contributed by atoms with Crippen LogP contribution in [0.2, 0.25) is 0 Å². The predicted octanol–water partition coefficient (Wildman–Crippen LogP) is 2.74. The van der Waals surface area contributed by atoms with E-state index >= 15 is 0 Å². The summed E-state index contributed by atoms with van der Waals surface area (Å²) in [6.07, 6.45) is 2.49. The van der Waals surface area contributed by atoms with Gasteiger partial charge in [0.05, 0.1) is 6.61 Å². The fraction of sp³-hybridized carbons (Fsp3) is 0.632. The number of hydrogen-bond donors (Lipinski definition) is 0. The number of hydrogen-bond acceptors (Lipinski definition) is 4. The van der Waals surface area contributed by atoms with Gasteiger partial charge >= 0.3 is 0 Å². The molecule has 0 spiro atoms. The lowest BCUT2D eigenvalue weighted by Crippen LogP contribution is -2.38. The molecule has 1 amide bonds. The largest absolute Gasteiger partial charge is 0.383 e. The molecular formula is C19H29FN2O4S. The highest BCUT2D eigenvalue weighted by Crippen LogP contribution is 2.24. The fourth-order valence-electron chi connectivity index (χ4n) is 3.18. The molecule has 6 nitrogen and oxygen atoms in total. The van der Waals surface area contributed by atoms with Crippen molar-refractivity contribution in [2.75, 3.05) is 39.9 Å². The summed E-state index contributed by atoms with van der Waals surface area (Å²) < 4.78 is 46.4. The highest BCUT2D eigenvalue weighted by molar-refractivity contribution is 7.89. The summed E-state index contributed by atoms with van der Waals surface area (Å²) in [6, 6.07) is 3.57. The monoisotopic (exact) mass is 400 g/mol. The molecule has 1 aromatic rings. The van der Waals surface area contributed by atoms with Crippen molar-refractivity contribution >= 4 is 15.9 Å². The van der Waals surface area contributed by atoms with Crippen molar-refractivity contribution in [3.63, 3.8) is 0 Å². The van der Waals surface area contributed by atoms with Crippen LogP contribution in [0, 0.1) is 11.7 Å². The van der Waals surface area contributed by atoms with Crippen LogP contribution in [0.4, 0.5) is 4.39 Å². The van der Waals surface area contributed by atoms with Crippen molar-refractivity contribution in [1.82, 2.24) is 9.21 Å². The Hall–Kier alpha value is -1.51. The second-order valence-corrected chi connectivity index (χ2v) is 9.15. The molecule has 0 atom stereocenters. The van der Waals surface area contributed by atoms with Crippen LogP contribution in [0.5, 0.6) is 0 Å². The summed E-state index contributed by atoms with van der Waals surface area (Å²) >= 11 is 0. The number of benzene rings is 1. The molecule has 8 heteroatoms. The number of nitrogens with zero attached hydrogens (tertiary/aromatic N) is 2. The molecule has 0 aliphatic carbocycles. The normalized spacial score (nSPS) is 15.9. The van der Waals surface area contributed by atoms with E-state index in [2.05, 4.69) is 0 Å². The van der Waals surface area contributed by atoms with Crippen molar-refractivity contribution in [3.05, 3.63) is 29.6 Å². The molecule has 1 saturated heterocycles. The average Bonchev–Trinajstić information content (AvgIpc) is 2.65. The lowest BCUT2D eigenvalue weighted by molar-refractivity contribution is 0.0672. The quantitative estimate of drug-likeness (QED) is 0.673. The molecule has 0 aromatic heterocycles. The third-order valence-corrected chi connectivity index (χ3v) is 6.46. The molecule has 1 aliphatic rings. The van der Waals surface area contributed by atoms with Gasteiger partial charge < -0.3 is 9.64 Å². The van der Waals surface area contributed by atoms with Crippen LogP contribution in [0.25, 0.3) is 0 Å². The number of halogens is 1. The smallest absolute Gasteiger partial charge is 0.253 e. The number of piperidine rings is 1. The number of sulfonamides is 1. The van der Waals surface area contributed by atoms with Crippen LogP contribution >= 0.6 is 0 Å². The first-order chi connectivity index (χ1) is 12.8. The van der Waals surface area contributed by atoms with Gasteiger partial charge in [-0.3, -0.25) is 4.79 Å². The number of carbonyl (C=O) groups is 1. The predicted molar refractivity (Wildman–Crippen MR) is 102 cm³/mol. The summed E-state index contributed by atoms with van der Waals surface area (Å²) in [5.41, 5.74) is 0.170. The third-order valence-electron chi connectivity index (χ3n) is 4.55. The molecule has 152 valence electrons. The molecule has 27 heavy (non-hydrogen) atoms. The summed E-state index contributed by atoms with van der Waals surface area (Å²) in [6.45, 7) is 6.01. The van der Waals surface area contributed by atoms with Gasteiger partial charge in [0.25, 0.3) is 5.91 Å². The number of methoxy groups -OCH3 is 1. The Bertz CT molecular complexity index is 746. The summed E-state index contributed by atoms with van der Waals surface area (Å²) in [5.74, 6) is -0.914. The van der Waals surface area contributed by atoms with E-state index in [0.29, 0.717) is 32.8 Å². The first-order valence-electron chi connectivity index (χ1n) is 9.35.